The maximum absolute atomic E-state index is 11.8. The van der Waals surface area contributed by atoms with E-state index < -0.39 is 0 Å². The molecule has 0 aromatic carbocycles. The van der Waals surface area contributed by atoms with Gasteiger partial charge in [0.25, 0.3) is 0 Å². The zero-order chi connectivity index (χ0) is 13.5. The number of morpholine rings is 1. The molecule has 0 bridgehead atoms. The highest BCUT2D eigenvalue weighted by molar-refractivity contribution is 5.77. The lowest BCUT2D eigenvalue weighted by Gasteiger charge is -2.26. The van der Waals surface area contributed by atoms with E-state index in [0.29, 0.717) is 58.3 Å². The zero-order valence-corrected chi connectivity index (χ0v) is 11.3. The van der Waals surface area contributed by atoms with Crippen LogP contribution in [0.5, 0.6) is 0 Å². The average Bonchev–Trinajstić information content (AvgIpc) is 3.23. The fourth-order valence-corrected chi connectivity index (χ4v) is 2.02. The lowest BCUT2D eigenvalue weighted by Crippen LogP contribution is -2.41. The average molecular weight is 269 g/mol. The number of amides is 2. The molecule has 2 N–H and O–H groups in total. The number of rotatable bonds is 7. The van der Waals surface area contributed by atoms with Gasteiger partial charge in [0.05, 0.1) is 13.2 Å². The minimum atomic E-state index is 0.106. The first-order valence-corrected chi connectivity index (χ1v) is 7.11. The van der Waals surface area contributed by atoms with Crippen molar-refractivity contribution in [1.29, 1.82) is 0 Å². The molecular weight excluding hydrogens is 246 g/mol. The van der Waals surface area contributed by atoms with Crippen LogP contribution in [0, 0.1) is 0 Å². The molecule has 19 heavy (non-hydrogen) atoms. The summed E-state index contributed by atoms with van der Waals surface area (Å²) in [5.74, 6) is 0.271. The summed E-state index contributed by atoms with van der Waals surface area (Å²) >= 11 is 0. The molecule has 2 fully saturated rings. The highest BCUT2D eigenvalue weighted by Crippen LogP contribution is 2.18. The van der Waals surface area contributed by atoms with Gasteiger partial charge in [-0.05, 0) is 12.8 Å². The van der Waals surface area contributed by atoms with Gasteiger partial charge < -0.3 is 20.3 Å². The van der Waals surface area contributed by atoms with Crippen molar-refractivity contribution in [2.24, 2.45) is 0 Å². The highest BCUT2D eigenvalue weighted by Gasteiger charge is 2.22. The molecule has 0 spiro atoms. The second kappa shape index (κ2) is 7.45. The summed E-state index contributed by atoms with van der Waals surface area (Å²) in [6.07, 6.45) is 3.22. The Bertz CT molecular complexity index is 312. The molecule has 0 aromatic rings. The third-order valence-electron chi connectivity index (χ3n) is 3.35. The lowest BCUT2D eigenvalue weighted by atomic mass is 10.3. The SMILES string of the molecule is O=C(CCNCCC(=O)N1CCOCC1)NC1CC1. The molecule has 6 heteroatoms. The number of hydrogen-bond acceptors (Lipinski definition) is 4. The van der Waals surface area contributed by atoms with Crippen LogP contribution in [0.25, 0.3) is 0 Å². The summed E-state index contributed by atoms with van der Waals surface area (Å²) in [6.45, 7) is 3.94. The summed E-state index contributed by atoms with van der Waals surface area (Å²) in [5.41, 5.74) is 0. The zero-order valence-electron chi connectivity index (χ0n) is 11.3. The molecule has 0 radical (unpaired) electrons. The van der Waals surface area contributed by atoms with E-state index in [9.17, 15) is 9.59 Å². The third kappa shape index (κ3) is 5.57. The van der Waals surface area contributed by atoms with Gasteiger partial charge in [-0.3, -0.25) is 9.59 Å². The number of carbonyl (C=O) groups is 2. The quantitative estimate of drug-likeness (QED) is 0.611. The molecule has 0 unspecified atom stereocenters. The van der Waals surface area contributed by atoms with Gasteiger partial charge >= 0.3 is 0 Å². The second-order valence-electron chi connectivity index (χ2n) is 5.08. The normalized spacial score (nSPS) is 19.3. The van der Waals surface area contributed by atoms with Crippen molar-refractivity contribution in [3.05, 3.63) is 0 Å². The highest BCUT2D eigenvalue weighted by atomic mass is 16.5. The molecule has 1 aliphatic carbocycles. The van der Waals surface area contributed by atoms with E-state index in [4.69, 9.17) is 4.74 Å². The molecule has 1 aliphatic heterocycles. The van der Waals surface area contributed by atoms with E-state index in [1.165, 1.54) is 0 Å². The first kappa shape index (κ1) is 14.3. The molecule has 1 saturated heterocycles. The molecule has 6 nitrogen and oxygen atoms in total. The Morgan fingerprint density at radius 1 is 1.11 bits per heavy atom. The van der Waals surface area contributed by atoms with Crippen molar-refractivity contribution in [3.8, 4) is 0 Å². The largest absolute Gasteiger partial charge is 0.378 e. The molecule has 2 rings (SSSR count). The maximum Gasteiger partial charge on any atom is 0.224 e. The van der Waals surface area contributed by atoms with Gasteiger partial charge in [0.2, 0.25) is 11.8 Å². The number of carbonyl (C=O) groups excluding carboxylic acids is 2. The summed E-state index contributed by atoms with van der Waals surface area (Å²) in [5, 5.41) is 6.08. The molecule has 2 amide bonds. The summed E-state index contributed by atoms with van der Waals surface area (Å²) in [7, 11) is 0. The van der Waals surface area contributed by atoms with Gasteiger partial charge in [-0.1, -0.05) is 0 Å². The topological polar surface area (TPSA) is 70.7 Å². The predicted octanol–water partition coefficient (Wildman–Crippen LogP) is -0.506. The molecule has 2 aliphatic rings. The lowest BCUT2D eigenvalue weighted by molar-refractivity contribution is -0.135. The Balaban J connectivity index is 1.46. The van der Waals surface area contributed by atoms with Crippen LogP contribution >= 0.6 is 0 Å². The van der Waals surface area contributed by atoms with Gasteiger partial charge in [0.1, 0.15) is 0 Å². The number of nitrogens with one attached hydrogen (secondary N) is 2. The monoisotopic (exact) mass is 269 g/mol. The second-order valence-corrected chi connectivity index (χ2v) is 5.08. The van der Waals surface area contributed by atoms with Crippen molar-refractivity contribution in [3.63, 3.8) is 0 Å². The van der Waals surface area contributed by atoms with Gasteiger partial charge in [-0.25, -0.2) is 0 Å². The van der Waals surface area contributed by atoms with Gasteiger partial charge in [0, 0.05) is 45.1 Å². The first-order valence-electron chi connectivity index (χ1n) is 7.11. The molecule has 1 heterocycles. The van der Waals surface area contributed by atoms with E-state index in [2.05, 4.69) is 10.6 Å². The Kier molecular flexibility index (Phi) is 5.60. The van der Waals surface area contributed by atoms with Crippen molar-refractivity contribution in [2.75, 3.05) is 39.4 Å². The van der Waals surface area contributed by atoms with Crippen LogP contribution in [0.3, 0.4) is 0 Å². The van der Waals surface area contributed by atoms with E-state index >= 15 is 0 Å². The molecule has 108 valence electrons. The Hall–Kier alpha value is -1.14. The van der Waals surface area contributed by atoms with Crippen LogP contribution in [-0.4, -0.2) is 62.1 Å². The Morgan fingerprint density at radius 2 is 1.79 bits per heavy atom. The van der Waals surface area contributed by atoms with Crippen LogP contribution in [0.1, 0.15) is 25.7 Å². The number of ether oxygens (including phenoxy) is 1. The van der Waals surface area contributed by atoms with Crippen molar-refractivity contribution in [2.45, 2.75) is 31.7 Å². The molecule has 0 aromatic heterocycles. The van der Waals surface area contributed by atoms with E-state index in [1.54, 1.807) is 0 Å². The van der Waals surface area contributed by atoms with Gasteiger partial charge in [0.15, 0.2) is 0 Å². The van der Waals surface area contributed by atoms with E-state index in [-0.39, 0.29) is 11.8 Å². The van der Waals surface area contributed by atoms with Crippen LogP contribution in [-0.2, 0) is 14.3 Å². The minimum Gasteiger partial charge on any atom is -0.378 e. The Morgan fingerprint density at radius 3 is 2.47 bits per heavy atom. The van der Waals surface area contributed by atoms with Crippen LogP contribution in [0.15, 0.2) is 0 Å². The standard InChI is InChI=1S/C13H23N3O3/c17-12(15-11-1-2-11)3-5-14-6-4-13(18)16-7-9-19-10-8-16/h11,14H,1-10H2,(H,15,17). The summed E-state index contributed by atoms with van der Waals surface area (Å²) < 4.78 is 5.20. The van der Waals surface area contributed by atoms with Crippen molar-refractivity contribution in [1.82, 2.24) is 15.5 Å². The van der Waals surface area contributed by atoms with Gasteiger partial charge in [-0.2, -0.15) is 0 Å². The first-order chi connectivity index (χ1) is 9.25. The molecular formula is C13H23N3O3. The smallest absolute Gasteiger partial charge is 0.224 e. The van der Waals surface area contributed by atoms with E-state index in [0.717, 1.165) is 12.8 Å². The van der Waals surface area contributed by atoms with Crippen LogP contribution in [0.4, 0.5) is 0 Å². The molecule has 0 atom stereocenters. The number of nitrogens with zero attached hydrogens (tertiary/aromatic N) is 1. The van der Waals surface area contributed by atoms with Crippen molar-refractivity contribution < 1.29 is 14.3 Å². The fraction of sp³-hybridized carbons (Fsp3) is 0.846. The minimum absolute atomic E-state index is 0.106. The van der Waals surface area contributed by atoms with E-state index in [1.807, 2.05) is 4.90 Å². The predicted molar refractivity (Wildman–Crippen MR) is 70.7 cm³/mol. The summed E-state index contributed by atoms with van der Waals surface area (Å²) in [6, 6.07) is 0.426. The number of hydrogen-bond donors (Lipinski definition) is 2. The molecule has 1 saturated carbocycles. The van der Waals surface area contributed by atoms with Crippen LogP contribution in [0.2, 0.25) is 0 Å². The fourth-order valence-electron chi connectivity index (χ4n) is 2.02. The van der Waals surface area contributed by atoms with Gasteiger partial charge in [-0.15, -0.1) is 0 Å². The Labute approximate surface area is 113 Å². The van der Waals surface area contributed by atoms with Crippen LogP contribution < -0.4 is 10.6 Å². The third-order valence-corrected chi connectivity index (χ3v) is 3.35. The van der Waals surface area contributed by atoms with Crippen molar-refractivity contribution >= 4 is 11.8 Å². The summed E-state index contributed by atoms with van der Waals surface area (Å²) in [4.78, 5) is 25.0. The maximum atomic E-state index is 11.8.